The van der Waals surface area contributed by atoms with Gasteiger partial charge in [-0.15, -0.1) is 0 Å². The van der Waals surface area contributed by atoms with Gasteiger partial charge in [-0.05, 0) is 23.8 Å². The van der Waals surface area contributed by atoms with Crippen LogP contribution in [-0.4, -0.2) is 47.4 Å². The largest absolute Gasteiger partial charge is 0.386 e. The lowest BCUT2D eigenvalue weighted by molar-refractivity contribution is -0.133. The summed E-state index contributed by atoms with van der Waals surface area (Å²) in [7, 11) is 0. The molecule has 0 aromatic heterocycles. The van der Waals surface area contributed by atoms with Crippen LogP contribution in [0.25, 0.3) is 0 Å². The Balaban J connectivity index is 1.40. The molecule has 3 aromatic carbocycles. The lowest BCUT2D eigenvalue weighted by Crippen LogP contribution is -2.55. The molecule has 4 rings (SSSR count). The van der Waals surface area contributed by atoms with E-state index in [4.69, 9.17) is 16.4 Å². The van der Waals surface area contributed by atoms with E-state index in [1.807, 2.05) is 6.07 Å². The summed E-state index contributed by atoms with van der Waals surface area (Å²) in [5.41, 5.74) is 6.29. The first-order valence-electron chi connectivity index (χ1n) is 10.9. The number of nitrogens with one attached hydrogen (secondary N) is 2. The van der Waals surface area contributed by atoms with E-state index < -0.39 is 36.3 Å². The van der Waals surface area contributed by atoms with Gasteiger partial charge >= 0.3 is 0 Å². The first-order chi connectivity index (χ1) is 17.5. The van der Waals surface area contributed by atoms with Crippen molar-refractivity contribution in [3.63, 3.8) is 0 Å². The highest BCUT2D eigenvalue weighted by molar-refractivity contribution is 6.33. The Morgan fingerprint density at radius 2 is 1.50 bits per heavy atom. The van der Waals surface area contributed by atoms with Gasteiger partial charge < -0.3 is 4.84 Å². The Kier molecular flexibility index (Phi) is 7.72. The topological polar surface area (TPSA) is 117 Å². The molecule has 0 bridgehead atoms. The van der Waals surface area contributed by atoms with Crippen molar-refractivity contribution in [2.24, 2.45) is 5.16 Å². The summed E-state index contributed by atoms with van der Waals surface area (Å²) < 4.78 is 0. The zero-order chi connectivity index (χ0) is 25.5. The van der Waals surface area contributed by atoms with E-state index in [0.717, 1.165) is 10.5 Å². The second kappa shape index (κ2) is 11.3. The van der Waals surface area contributed by atoms with Crippen LogP contribution in [0.3, 0.4) is 0 Å². The molecule has 1 atom stereocenters. The van der Waals surface area contributed by atoms with Crippen LogP contribution in [0.15, 0.2) is 84.0 Å². The van der Waals surface area contributed by atoms with Crippen LogP contribution in [0.4, 0.5) is 0 Å². The predicted octanol–water partition coefficient (Wildman–Crippen LogP) is 2.75. The summed E-state index contributed by atoms with van der Waals surface area (Å²) >= 11 is 6.02. The van der Waals surface area contributed by atoms with Gasteiger partial charge in [-0.25, -0.2) is 0 Å². The van der Waals surface area contributed by atoms with Crippen LogP contribution in [0, 0.1) is 0 Å². The first kappa shape index (κ1) is 24.6. The Labute approximate surface area is 211 Å². The number of hydrogen-bond donors (Lipinski definition) is 2. The van der Waals surface area contributed by atoms with Crippen molar-refractivity contribution >= 4 is 41.4 Å². The molecule has 4 amide bonds. The first-order valence-corrected chi connectivity index (χ1v) is 11.3. The molecular weight excluding hydrogens is 484 g/mol. The maximum absolute atomic E-state index is 13.1. The standard InChI is InChI=1S/C26H21ClN4O5/c27-21-13-7-4-10-18(21)15-28-36-16-23(32)29-30-24(33)22(14-17-8-2-1-3-9-17)31-25(34)19-11-5-6-12-20(19)26(31)35/h1-13,15,22H,14,16H2,(H,29,32)(H,30,33). The summed E-state index contributed by atoms with van der Waals surface area (Å²) in [6.07, 6.45) is 1.42. The number of hydrazine groups is 1. The maximum Gasteiger partial charge on any atom is 0.279 e. The Morgan fingerprint density at radius 1 is 0.889 bits per heavy atom. The normalized spacial score (nSPS) is 13.4. The molecule has 1 unspecified atom stereocenters. The molecule has 36 heavy (non-hydrogen) atoms. The molecule has 9 nitrogen and oxygen atoms in total. The lowest BCUT2D eigenvalue weighted by atomic mass is 10.0. The van der Waals surface area contributed by atoms with E-state index in [1.165, 1.54) is 18.3 Å². The molecule has 0 saturated carbocycles. The average Bonchev–Trinajstić information content (AvgIpc) is 3.15. The summed E-state index contributed by atoms with van der Waals surface area (Å²) in [5.74, 6) is -2.58. The van der Waals surface area contributed by atoms with E-state index >= 15 is 0 Å². The SMILES string of the molecule is O=C(CON=Cc1ccccc1Cl)NNC(=O)C(Cc1ccccc1)N1C(=O)c2ccccc2C1=O. The van der Waals surface area contributed by atoms with Crippen molar-refractivity contribution in [1.29, 1.82) is 0 Å². The minimum Gasteiger partial charge on any atom is -0.386 e. The fourth-order valence-electron chi connectivity index (χ4n) is 3.65. The van der Waals surface area contributed by atoms with Gasteiger partial charge in [0.15, 0.2) is 6.61 Å². The minimum absolute atomic E-state index is 0.0621. The van der Waals surface area contributed by atoms with Gasteiger partial charge in [0.25, 0.3) is 23.6 Å². The number of rotatable bonds is 8. The van der Waals surface area contributed by atoms with Crippen molar-refractivity contribution < 1.29 is 24.0 Å². The number of halogens is 1. The van der Waals surface area contributed by atoms with Crippen LogP contribution in [-0.2, 0) is 20.8 Å². The molecule has 3 aromatic rings. The van der Waals surface area contributed by atoms with Gasteiger partial charge in [0.2, 0.25) is 0 Å². The summed E-state index contributed by atoms with van der Waals surface area (Å²) in [4.78, 5) is 57.1. The highest BCUT2D eigenvalue weighted by atomic mass is 35.5. The molecule has 10 heteroatoms. The number of nitrogens with zero attached hydrogens (tertiary/aromatic N) is 2. The zero-order valence-electron chi connectivity index (χ0n) is 18.9. The smallest absolute Gasteiger partial charge is 0.279 e. The average molecular weight is 505 g/mol. The number of oxime groups is 1. The van der Waals surface area contributed by atoms with Crippen LogP contribution >= 0.6 is 11.6 Å². The second-order valence-corrected chi connectivity index (χ2v) is 8.21. The summed E-state index contributed by atoms with van der Waals surface area (Å²) in [6.45, 7) is -0.488. The van der Waals surface area contributed by atoms with Gasteiger partial charge in [0, 0.05) is 17.0 Å². The molecule has 1 aliphatic heterocycles. The molecule has 182 valence electrons. The monoisotopic (exact) mass is 504 g/mol. The Bertz CT molecular complexity index is 1290. The van der Waals surface area contributed by atoms with Crippen LogP contribution in [0.5, 0.6) is 0 Å². The number of benzene rings is 3. The van der Waals surface area contributed by atoms with Crippen molar-refractivity contribution in [1.82, 2.24) is 15.8 Å². The third-order valence-electron chi connectivity index (χ3n) is 5.40. The number of hydrogen-bond acceptors (Lipinski definition) is 6. The fourth-order valence-corrected chi connectivity index (χ4v) is 3.83. The number of carbonyl (C=O) groups is 4. The summed E-state index contributed by atoms with van der Waals surface area (Å²) in [6, 6.07) is 21.1. The molecule has 0 radical (unpaired) electrons. The highest BCUT2D eigenvalue weighted by Gasteiger charge is 2.42. The van der Waals surface area contributed by atoms with E-state index in [0.29, 0.717) is 10.6 Å². The quantitative estimate of drug-likeness (QED) is 0.278. The summed E-state index contributed by atoms with van der Waals surface area (Å²) in [5, 5.41) is 4.16. The fraction of sp³-hybridized carbons (Fsp3) is 0.115. The molecule has 2 N–H and O–H groups in total. The zero-order valence-corrected chi connectivity index (χ0v) is 19.6. The van der Waals surface area contributed by atoms with Gasteiger partial charge in [-0.3, -0.25) is 34.9 Å². The molecule has 0 aliphatic carbocycles. The highest BCUT2D eigenvalue weighted by Crippen LogP contribution is 2.26. The number of imide groups is 1. The van der Waals surface area contributed by atoms with Crippen LogP contribution in [0.1, 0.15) is 31.8 Å². The Morgan fingerprint density at radius 3 is 2.17 bits per heavy atom. The number of fused-ring (bicyclic) bond motifs is 1. The molecule has 0 spiro atoms. The van der Waals surface area contributed by atoms with E-state index in [9.17, 15) is 19.2 Å². The van der Waals surface area contributed by atoms with Crippen molar-refractivity contribution in [2.75, 3.05) is 6.61 Å². The van der Waals surface area contributed by atoms with Gasteiger partial charge in [0.05, 0.1) is 17.3 Å². The van der Waals surface area contributed by atoms with Gasteiger partial charge in [-0.2, -0.15) is 0 Å². The third-order valence-corrected chi connectivity index (χ3v) is 5.75. The molecule has 0 fully saturated rings. The van der Waals surface area contributed by atoms with E-state index in [-0.39, 0.29) is 17.5 Å². The lowest BCUT2D eigenvalue weighted by Gasteiger charge is -2.25. The van der Waals surface area contributed by atoms with Gasteiger partial charge in [0.1, 0.15) is 6.04 Å². The van der Waals surface area contributed by atoms with Crippen LogP contribution in [0.2, 0.25) is 5.02 Å². The molecule has 1 heterocycles. The minimum atomic E-state index is -1.20. The molecule has 0 saturated heterocycles. The maximum atomic E-state index is 13.1. The predicted molar refractivity (Wildman–Crippen MR) is 132 cm³/mol. The van der Waals surface area contributed by atoms with Crippen molar-refractivity contribution in [3.05, 3.63) is 106 Å². The van der Waals surface area contributed by atoms with Gasteiger partial charge in [-0.1, -0.05) is 77.4 Å². The Hall–Kier alpha value is -4.50. The number of amides is 4. The van der Waals surface area contributed by atoms with Crippen LogP contribution < -0.4 is 10.9 Å². The third kappa shape index (κ3) is 5.59. The van der Waals surface area contributed by atoms with E-state index in [2.05, 4.69) is 16.0 Å². The molecular formula is C26H21ClN4O5. The van der Waals surface area contributed by atoms with Crippen molar-refractivity contribution in [3.8, 4) is 0 Å². The van der Waals surface area contributed by atoms with Crippen molar-refractivity contribution in [2.45, 2.75) is 12.5 Å². The molecule has 1 aliphatic rings. The second-order valence-electron chi connectivity index (χ2n) is 7.80. The number of carbonyl (C=O) groups excluding carboxylic acids is 4. The van der Waals surface area contributed by atoms with E-state index in [1.54, 1.807) is 60.7 Å².